The Morgan fingerprint density at radius 3 is 2.52 bits per heavy atom. The normalized spacial score (nSPS) is 15.0. The highest BCUT2D eigenvalue weighted by Crippen LogP contribution is 2.30. The van der Waals surface area contributed by atoms with E-state index in [2.05, 4.69) is 110 Å². The molecule has 0 saturated carbocycles. The minimum atomic E-state index is 0.956. The average Bonchev–Trinajstić information content (AvgIpc) is 2.73. The summed E-state index contributed by atoms with van der Waals surface area (Å²) in [6, 6.07) is 21.7. The van der Waals surface area contributed by atoms with Crippen molar-refractivity contribution in [1.82, 2.24) is 0 Å². The fourth-order valence-electron chi connectivity index (χ4n) is 3.93. The summed E-state index contributed by atoms with van der Waals surface area (Å²) in [5, 5.41) is 2.67. The Balaban J connectivity index is 1.67. The number of allylic oxidation sites excluding steroid dienone is 3. The molecule has 1 aliphatic rings. The van der Waals surface area contributed by atoms with Crippen LogP contribution in [-0.2, 0) is 6.42 Å². The SMILES string of the molecule is CCc1c(/C=C/C=C2/C=Cc3ccccc3N2CC)ccc2ccccc12. The molecule has 0 fully saturated rings. The monoisotopic (exact) mass is 351 g/mol. The first-order valence-corrected chi connectivity index (χ1v) is 9.75. The lowest BCUT2D eigenvalue weighted by atomic mass is 9.97. The van der Waals surface area contributed by atoms with Gasteiger partial charge in [0.2, 0.25) is 0 Å². The molecule has 0 bridgehead atoms. The molecule has 4 rings (SSSR count). The first-order valence-electron chi connectivity index (χ1n) is 9.75. The highest BCUT2D eigenvalue weighted by atomic mass is 15.1. The second kappa shape index (κ2) is 7.67. The standard InChI is InChI=1S/C26H25N/c1-3-24-20(16-17-21-10-5-7-14-25(21)24)12-9-13-23-19-18-22-11-6-8-15-26(22)27(23)4-2/h5-19H,3-4H2,1-2H3/b12-9+,23-13-. The number of hydrogen-bond donors (Lipinski definition) is 0. The van der Waals surface area contributed by atoms with E-state index in [0.29, 0.717) is 0 Å². The van der Waals surface area contributed by atoms with E-state index in [9.17, 15) is 0 Å². The van der Waals surface area contributed by atoms with E-state index >= 15 is 0 Å². The van der Waals surface area contributed by atoms with E-state index in [1.165, 1.54) is 38.8 Å². The Bertz CT molecular complexity index is 1050. The molecule has 0 radical (unpaired) electrons. The average molecular weight is 351 g/mol. The van der Waals surface area contributed by atoms with Gasteiger partial charge >= 0.3 is 0 Å². The molecule has 1 nitrogen and oxygen atoms in total. The molecule has 0 N–H and O–H groups in total. The van der Waals surface area contributed by atoms with Gasteiger partial charge in [-0.25, -0.2) is 0 Å². The molecule has 3 aromatic rings. The zero-order chi connectivity index (χ0) is 18.6. The number of anilines is 1. The highest BCUT2D eigenvalue weighted by Gasteiger charge is 2.14. The summed E-state index contributed by atoms with van der Waals surface area (Å²) in [5.74, 6) is 0. The van der Waals surface area contributed by atoms with Gasteiger partial charge in [-0.15, -0.1) is 0 Å². The van der Waals surface area contributed by atoms with Crippen LogP contribution >= 0.6 is 0 Å². The number of benzene rings is 3. The molecule has 27 heavy (non-hydrogen) atoms. The number of fused-ring (bicyclic) bond motifs is 2. The van der Waals surface area contributed by atoms with Crippen LogP contribution in [0.1, 0.15) is 30.5 Å². The number of likely N-dealkylation sites (N-methyl/N-ethyl adjacent to an activating group) is 1. The summed E-state index contributed by atoms with van der Waals surface area (Å²) in [5.41, 5.74) is 6.51. The van der Waals surface area contributed by atoms with Crippen LogP contribution in [0.15, 0.2) is 84.6 Å². The van der Waals surface area contributed by atoms with E-state index in [1.54, 1.807) is 0 Å². The molecule has 1 heteroatoms. The Labute approximate surface area is 162 Å². The minimum absolute atomic E-state index is 0.956. The molecule has 0 amide bonds. The van der Waals surface area contributed by atoms with Crippen molar-refractivity contribution in [3.8, 4) is 0 Å². The molecule has 0 aliphatic carbocycles. The summed E-state index contributed by atoms with van der Waals surface area (Å²) >= 11 is 0. The second-order valence-corrected chi connectivity index (χ2v) is 6.80. The van der Waals surface area contributed by atoms with Crippen LogP contribution in [-0.4, -0.2) is 6.54 Å². The van der Waals surface area contributed by atoms with Gasteiger partial charge in [0.15, 0.2) is 0 Å². The molecule has 0 saturated heterocycles. The van der Waals surface area contributed by atoms with Crippen LogP contribution in [0.4, 0.5) is 5.69 Å². The smallest absolute Gasteiger partial charge is 0.0484 e. The van der Waals surface area contributed by atoms with Crippen molar-refractivity contribution in [2.75, 3.05) is 11.4 Å². The summed E-state index contributed by atoms with van der Waals surface area (Å²) in [4.78, 5) is 2.36. The Morgan fingerprint density at radius 2 is 1.67 bits per heavy atom. The summed E-state index contributed by atoms with van der Waals surface area (Å²) in [6.45, 7) is 5.39. The topological polar surface area (TPSA) is 3.24 Å². The van der Waals surface area contributed by atoms with Crippen LogP contribution in [0.25, 0.3) is 22.9 Å². The highest BCUT2D eigenvalue weighted by molar-refractivity contribution is 5.89. The number of para-hydroxylation sites is 1. The Hall–Kier alpha value is -3.06. The molecule has 1 aliphatic heterocycles. The Morgan fingerprint density at radius 1 is 0.852 bits per heavy atom. The van der Waals surface area contributed by atoms with E-state index in [0.717, 1.165) is 13.0 Å². The molecule has 1 heterocycles. The van der Waals surface area contributed by atoms with Crippen molar-refractivity contribution in [1.29, 1.82) is 0 Å². The van der Waals surface area contributed by atoms with E-state index in [-0.39, 0.29) is 0 Å². The van der Waals surface area contributed by atoms with E-state index < -0.39 is 0 Å². The number of rotatable bonds is 4. The third kappa shape index (κ3) is 3.33. The van der Waals surface area contributed by atoms with E-state index in [4.69, 9.17) is 0 Å². The van der Waals surface area contributed by atoms with Crippen LogP contribution in [0, 0.1) is 0 Å². The lowest BCUT2D eigenvalue weighted by Gasteiger charge is -2.29. The molecule has 134 valence electrons. The van der Waals surface area contributed by atoms with Crippen molar-refractivity contribution >= 4 is 28.6 Å². The van der Waals surface area contributed by atoms with Gasteiger partial charge < -0.3 is 4.90 Å². The lowest BCUT2D eigenvalue weighted by molar-refractivity contribution is 0.971. The zero-order valence-electron chi connectivity index (χ0n) is 16.0. The number of nitrogens with zero attached hydrogens (tertiary/aromatic N) is 1. The maximum atomic E-state index is 2.36. The molecular weight excluding hydrogens is 326 g/mol. The van der Waals surface area contributed by atoms with Crippen molar-refractivity contribution in [2.24, 2.45) is 0 Å². The van der Waals surface area contributed by atoms with Gasteiger partial charge in [-0.1, -0.05) is 79.7 Å². The molecule has 3 aromatic carbocycles. The van der Waals surface area contributed by atoms with Crippen LogP contribution in [0.2, 0.25) is 0 Å². The quantitative estimate of drug-likeness (QED) is 0.496. The zero-order valence-corrected chi connectivity index (χ0v) is 16.0. The summed E-state index contributed by atoms with van der Waals surface area (Å²) in [6.07, 6.45) is 12.1. The van der Waals surface area contributed by atoms with Gasteiger partial charge in [0, 0.05) is 17.9 Å². The fraction of sp³-hybridized carbons (Fsp3) is 0.154. The first kappa shape index (κ1) is 17.4. The summed E-state index contributed by atoms with van der Waals surface area (Å²) < 4.78 is 0. The van der Waals surface area contributed by atoms with Gasteiger partial charge in [0.05, 0.1) is 0 Å². The van der Waals surface area contributed by atoms with Crippen LogP contribution in [0.3, 0.4) is 0 Å². The molecule has 0 aromatic heterocycles. The first-order chi connectivity index (χ1) is 13.3. The van der Waals surface area contributed by atoms with Crippen LogP contribution in [0.5, 0.6) is 0 Å². The largest absolute Gasteiger partial charge is 0.341 e. The third-order valence-corrected chi connectivity index (χ3v) is 5.26. The van der Waals surface area contributed by atoms with Crippen molar-refractivity contribution in [2.45, 2.75) is 20.3 Å². The maximum absolute atomic E-state index is 2.36. The van der Waals surface area contributed by atoms with E-state index in [1.807, 2.05) is 0 Å². The number of hydrogen-bond acceptors (Lipinski definition) is 1. The molecular formula is C26H25N. The lowest BCUT2D eigenvalue weighted by Crippen LogP contribution is -2.23. The van der Waals surface area contributed by atoms with Gasteiger partial charge in [-0.05, 0) is 59.0 Å². The predicted octanol–water partition coefficient (Wildman–Crippen LogP) is 6.85. The predicted molar refractivity (Wildman–Crippen MR) is 119 cm³/mol. The maximum Gasteiger partial charge on any atom is 0.0484 e. The van der Waals surface area contributed by atoms with Crippen molar-refractivity contribution in [3.05, 3.63) is 101 Å². The summed E-state index contributed by atoms with van der Waals surface area (Å²) in [7, 11) is 0. The van der Waals surface area contributed by atoms with Gasteiger partial charge in [0.25, 0.3) is 0 Å². The van der Waals surface area contributed by atoms with Crippen LogP contribution < -0.4 is 4.90 Å². The molecule has 0 atom stereocenters. The second-order valence-electron chi connectivity index (χ2n) is 6.80. The minimum Gasteiger partial charge on any atom is -0.341 e. The number of aryl methyl sites for hydroxylation is 1. The van der Waals surface area contributed by atoms with Gasteiger partial charge in [0.1, 0.15) is 0 Å². The third-order valence-electron chi connectivity index (χ3n) is 5.26. The molecule has 0 unspecified atom stereocenters. The Kier molecular flexibility index (Phi) is 4.93. The van der Waals surface area contributed by atoms with Crippen molar-refractivity contribution < 1.29 is 0 Å². The van der Waals surface area contributed by atoms with Gasteiger partial charge in [-0.2, -0.15) is 0 Å². The van der Waals surface area contributed by atoms with Crippen molar-refractivity contribution in [3.63, 3.8) is 0 Å². The van der Waals surface area contributed by atoms with Gasteiger partial charge in [-0.3, -0.25) is 0 Å². The molecule has 0 spiro atoms. The fourth-order valence-corrected chi connectivity index (χ4v) is 3.93.